The first-order chi connectivity index (χ1) is 6.65. The van der Waals surface area contributed by atoms with Gasteiger partial charge in [-0.1, -0.05) is 32.6 Å². The second kappa shape index (κ2) is 4.70. The first kappa shape index (κ1) is 10.6. The quantitative estimate of drug-likeness (QED) is 0.700. The van der Waals surface area contributed by atoms with E-state index in [1.54, 1.807) is 0 Å². The predicted molar refractivity (Wildman–Crippen MR) is 60.2 cm³/mol. The lowest BCUT2D eigenvalue weighted by Crippen LogP contribution is -2.30. The molecule has 0 amide bonds. The largest absolute Gasteiger partial charge is 0.253 e. The molecule has 0 aliphatic rings. The van der Waals surface area contributed by atoms with Gasteiger partial charge in [-0.25, -0.2) is 4.98 Å². The van der Waals surface area contributed by atoms with Crippen LogP contribution in [0.2, 0.25) is 0 Å². The van der Waals surface area contributed by atoms with E-state index >= 15 is 0 Å². The molecule has 0 aromatic carbocycles. The van der Waals surface area contributed by atoms with Gasteiger partial charge in [0.25, 0.3) is 0 Å². The van der Waals surface area contributed by atoms with E-state index in [0.717, 1.165) is 16.4 Å². The van der Waals surface area contributed by atoms with Crippen LogP contribution < -0.4 is 10.7 Å². The fourth-order valence-corrected chi connectivity index (χ4v) is 1.06. The molecule has 0 aliphatic carbocycles. The summed E-state index contributed by atoms with van der Waals surface area (Å²) in [4.78, 5) is 8.69. The zero-order chi connectivity index (χ0) is 10.6. The van der Waals surface area contributed by atoms with Gasteiger partial charge in [-0.2, -0.15) is 0 Å². The Balaban J connectivity index is 3.21. The van der Waals surface area contributed by atoms with Gasteiger partial charge in [0, 0.05) is 6.20 Å². The maximum absolute atomic E-state index is 4.39. The average molecular weight is 188 g/mol. The van der Waals surface area contributed by atoms with E-state index in [2.05, 4.69) is 30.4 Å². The van der Waals surface area contributed by atoms with Gasteiger partial charge in [0.05, 0.1) is 16.4 Å². The van der Waals surface area contributed by atoms with Crippen molar-refractivity contribution >= 4 is 12.7 Å². The van der Waals surface area contributed by atoms with Crippen molar-refractivity contribution in [3.05, 3.63) is 34.7 Å². The van der Waals surface area contributed by atoms with Crippen LogP contribution in [0.5, 0.6) is 0 Å². The molecule has 0 saturated heterocycles. The van der Waals surface area contributed by atoms with Crippen molar-refractivity contribution in [1.82, 2.24) is 9.97 Å². The van der Waals surface area contributed by atoms with E-state index in [1.807, 2.05) is 31.3 Å². The summed E-state index contributed by atoms with van der Waals surface area (Å²) in [6.45, 7) is 10.0. The molecule has 0 atom stereocenters. The van der Waals surface area contributed by atoms with Crippen molar-refractivity contribution in [1.29, 1.82) is 0 Å². The minimum atomic E-state index is 0.402. The van der Waals surface area contributed by atoms with Gasteiger partial charge in [-0.05, 0) is 18.9 Å². The topological polar surface area (TPSA) is 25.8 Å². The monoisotopic (exact) mass is 188 g/mol. The molecular formula is C12H16N2. The number of aromatic nitrogens is 2. The standard InChI is InChI=1S/C12H16N2/c1-5-6-7-11-10(4)14-12(8-13-11)9(2)3/h5-9H,4H2,1-3H3/b6-5-,11-7+. The van der Waals surface area contributed by atoms with Crippen LogP contribution >= 0.6 is 0 Å². The lowest BCUT2D eigenvalue weighted by molar-refractivity contribution is 0.800. The summed E-state index contributed by atoms with van der Waals surface area (Å²) in [5, 5.41) is 1.59. The van der Waals surface area contributed by atoms with Crippen LogP contribution in [-0.2, 0) is 0 Å². The Morgan fingerprint density at radius 2 is 2.14 bits per heavy atom. The van der Waals surface area contributed by atoms with Crippen molar-refractivity contribution in [3.63, 3.8) is 0 Å². The molecule has 1 aromatic rings. The Morgan fingerprint density at radius 1 is 1.43 bits per heavy atom. The van der Waals surface area contributed by atoms with Crippen molar-refractivity contribution in [2.75, 3.05) is 0 Å². The number of allylic oxidation sites excluding steroid dienone is 2. The van der Waals surface area contributed by atoms with Crippen molar-refractivity contribution in [3.8, 4) is 0 Å². The third-order valence-electron chi connectivity index (χ3n) is 1.93. The molecule has 1 rings (SSSR count). The van der Waals surface area contributed by atoms with Crippen LogP contribution in [0.3, 0.4) is 0 Å². The Morgan fingerprint density at radius 3 is 2.64 bits per heavy atom. The van der Waals surface area contributed by atoms with Crippen LogP contribution in [-0.4, -0.2) is 9.97 Å². The van der Waals surface area contributed by atoms with Gasteiger partial charge in [0.15, 0.2) is 0 Å². The SMILES string of the molecule is C=c1nc(C(C)C)cn/c1=C/C=C\C. The van der Waals surface area contributed by atoms with E-state index in [9.17, 15) is 0 Å². The molecular weight excluding hydrogens is 172 g/mol. The van der Waals surface area contributed by atoms with Gasteiger partial charge in [-0.15, -0.1) is 0 Å². The first-order valence-electron chi connectivity index (χ1n) is 4.80. The summed E-state index contributed by atoms with van der Waals surface area (Å²) in [5.74, 6) is 0.402. The summed E-state index contributed by atoms with van der Waals surface area (Å²) < 4.78 is 0. The minimum Gasteiger partial charge on any atom is -0.253 e. The van der Waals surface area contributed by atoms with Crippen LogP contribution in [0.4, 0.5) is 0 Å². The van der Waals surface area contributed by atoms with Gasteiger partial charge in [0.2, 0.25) is 0 Å². The highest BCUT2D eigenvalue weighted by molar-refractivity contribution is 5.33. The number of nitrogens with zero attached hydrogens (tertiary/aromatic N) is 2. The second-order valence-electron chi connectivity index (χ2n) is 3.47. The highest BCUT2D eigenvalue weighted by Crippen LogP contribution is 2.05. The fraction of sp³-hybridized carbons (Fsp3) is 0.333. The molecule has 0 unspecified atom stereocenters. The molecule has 0 spiro atoms. The van der Waals surface area contributed by atoms with Crippen LogP contribution in [0, 0.1) is 0 Å². The molecule has 0 saturated carbocycles. The zero-order valence-corrected chi connectivity index (χ0v) is 8.99. The van der Waals surface area contributed by atoms with Crippen molar-refractivity contribution < 1.29 is 0 Å². The Labute approximate surface area is 84.7 Å². The Hall–Kier alpha value is -1.44. The van der Waals surface area contributed by atoms with Gasteiger partial charge < -0.3 is 0 Å². The van der Waals surface area contributed by atoms with E-state index in [0.29, 0.717) is 5.92 Å². The van der Waals surface area contributed by atoms with Crippen LogP contribution in [0.15, 0.2) is 18.3 Å². The van der Waals surface area contributed by atoms with Crippen molar-refractivity contribution in [2.45, 2.75) is 26.7 Å². The molecule has 0 aliphatic heterocycles. The smallest absolute Gasteiger partial charge is 0.0880 e. The lowest BCUT2D eigenvalue weighted by Gasteiger charge is -2.01. The van der Waals surface area contributed by atoms with E-state index in [4.69, 9.17) is 0 Å². The van der Waals surface area contributed by atoms with E-state index in [-0.39, 0.29) is 0 Å². The minimum absolute atomic E-state index is 0.402. The molecule has 0 radical (unpaired) electrons. The fourth-order valence-electron chi connectivity index (χ4n) is 1.06. The molecule has 2 heteroatoms. The summed E-state index contributed by atoms with van der Waals surface area (Å²) in [7, 11) is 0. The number of hydrogen-bond acceptors (Lipinski definition) is 2. The first-order valence-corrected chi connectivity index (χ1v) is 4.80. The molecule has 0 bridgehead atoms. The average Bonchev–Trinajstić information content (AvgIpc) is 2.15. The van der Waals surface area contributed by atoms with E-state index in [1.165, 1.54) is 0 Å². The summed E-state index contributed by atoms with van der Waals surface area (Å²) >= 11 is 0. The Bertz CT molecular complexity index is 430. The molecule has 1 heterocycles. The molecule has 1 aromatic heterocycles. The zero-order valence-electron chi connectivity index (χ0n) is 8.99. The summed E-state index contributed by atoms with van der Waals surface area (Å²) in [6, 6.07) is 0. The Kier molecular flexibility index (Phi) is 3.57. The van der Waals surface area contributed by atoms with Crippen LogP contribution in [0.1, 0.15) is 32.4 Å². The van der Waals surface area contributed by atoms with Crippen molar-refractivity contribution in [2.24, 2.45) is 0 Å². The number of hydrogen-bond donors (Lipinski definition) is 0. The summed E-state index contributed by atoms with van der Waals surface area (Å²) in [5.41, 5.74) is 0.993. The molecule has 74 valence electrons. The lowest BCUT2D eigenvalue weighted by atomic mass is 10.1. The predicted octanol–water partition coefficient (Wildman–Crippen LogP) is 1.37. The molecule has 2 nitrogen and oxygen atoms in total. The molecule has 14 heavy (non-hydrogen) atoms. The maximum Gasteiger partial charge on any atom is 0.0880 e. The van der Waals surface area contributed by atoms with Gasteiger partial charge in [-0.3, -0.25) is 4.98 Å². The highest BCUT2D eigenvalue weighted by Gasteiger charge is 1.99. The molecule has 0 fully saturated rings. The normalized spacial score (nSPS) is 13.0. The number of rotatable bonds is 2. The second-order valence-corrected chi connectivity index (χ2v) is 3.47. The maximum atomic E-state index is 4.39. The third-order valence-corrected chi connectivity index (χ3v) is 1.93. The highest BCUT2D eigenvalue weighted by atomic mass is 14.8. The van der Waals surface area contributed by atoms with E-state index < -0.39 is 0 Å². The third kappa shape index (κ3) is 2.52. The van der Waals surface area contributed by atoms with Gasteiger partial charge >= 0.3 is 0 Å². The molecule has 0 N–H and O–H groups in total. The van der Waals surface area contributed by atoms with Crippen LogP contribution in [0.25, 0.3) is 12.7 Å². The summed E-state index contributed by atoms with van der Waals surface area (Å²) in [6.07, 6.45) is 7.62. The van der Waals surface area contributed by atoms with Gasteiger partial charge in [0.1, 0.15) is 0 Å².